The monoisotopic (exact) mass is 345 g/mol. The fourth-order valence-corrected chi connectivity index (χ4v) is 3.65. The lowest BCUT2D eigenvalue weighted by Gasteiger charge is -2.31. The summed E-state index contributed by atoms with van der Waals surface area (Å²) in [5.41, 5.74) is -2.36. The first-order valence-electron chi connectivity index (χ1n) is 7.15. The molecule has 0 radical (unpaired) electrons. The molecule has 0 saturated carbocycles. The average molecular weight is 345 g/mol. The molecule has 3 heterocycles. The second-order valence-corrected chi connectivity index (χ2v) is 6.47. The Bertz CT molecular complexity index is 872. The Morgan fingerprint density at radius 1 is 1.42 bits per heavy atom. The van der Waals surface area contributed by atoms with Gasteiger partial charge in [0.25, 0.3) is 0 Å². The summed E-state index contributed by atoms with van der Waals surface area (Å²) in [5, 5.41) is 44.3. The molecular weight excluding hydrogens is 330 g/mol. The fourth-order valence-electron chi connectivity index (χ4n) is 3.14. The Morgan fingerprint density at radius 2 is 2.17 bits per heavy atom. The van der Waals surface area contributed by atoms with E-state index in [0.717, 1.165) is 0 Å². The predicted octanol–water partition coefficient (Wildman–Crippen LogP) is 0.452. The van der Waals surface area contributed by atoms with Gasteiger partial charge in [0.05, 0.1) is 23.9 Å². The van der Waals surface area contributed by atoms with E-state index in [9.17, 15) is 20.7 Å². The molecule has 0 aliphatic carbocycles. The summed E-state index contributed by atoms with van der Waals surface area (Å²) >= 11 is 1.42. The number of thioether (sulfide) groups is 1. The molecule has 1 aliphatic heterocycles. The summed E-state index contributed by atoms with van der Waals surface area (Å²) in [6.45, 7) is 0.947. The topological polar surface area (TPSA) is 127 Å². The molecule has 1 aliphatic rings. The third-order valence-electron chi connectivity index (χ3n) is 4.54. The number of aliphatic hydroxyl groups is 2. The number of hydrogen-bond acceptors (Lipinski definition) is 8. The molecule has 124 valence electrons. The van der Waals surface area contributed by atoms with Crippen LogP contribution in [0.3, 0.4) is 0 Å². The van der Waals surface area contributed by atoms with E-state index >= 15 is 0 Å². The summed E-state index contributed by atoms with van der Waals surface area (Å²) in [6.07, 6.45) is 0.860. The molecule has 0 amide bonds. The van der Waals surface area contributed by atoms with Crippen molar-refractivity contribution in [2.75, 3.05) is 12.9 Å². The summed E-state index contributed by atoms with van der Waals surface area (Å²) < 4.78 is 7.21. The summed E-state index contributed by atoms with van der Waals surface area (Å²) in [4.78, 5) is 4.17. The molecule has 2 aromatic rings. The number of fused-ring (bicyclic) bond motifs is 1. The Morgan fingerprint density at radius 3 is 2.75 bits per heavy atom. The van der Waals surface area contributed by atoms with Crippen LogP contribution in [0.25, 0.3) is 5.52 Å². The largest absolute Gasteiger partial charge is 0.394 e. The lowest BCUT2D eigenvalue weighted by atomic mass is 9.71. The fraction of sp³-hybridized carbons (Fsp3) is 0.467. The Balaban J connectivity index is 2.30. The van der Waals surface area contributed by atoms with Crippen molar-refractivity contribution in [3.8, 4) is 12.1 Å². The predicted molar refractivity (Wildman–Crippen MR) is 83.7 cm³/mol. The van der Waals surface area contributed by atoms with Crippen molar-refractivity contribution in [1.82, 2.24) is 14.6 Å². The first-order chi connectivity index (χ1) is 11.5. The molecule has 2 N–H and O–H groups in total. The van der Waals surface area contributed by atoms with E-state index in [0.29, 0.717) is 16.2 Å². The molecule has 2 aromatic heterocycles. The van der Waals surface area contributed by atoms with E-state index in [-0.39, 0.29) is 0 Å². The highest BCUT2D eigenvalue weighted by atomic mass is 32.2. The molecule has 9 heteroatoms. The molecule has 1 fully saturated rings. The minimum atomic E-state index is -1.77. The van der Waals surface area contributed by atoms with Crippen molar-refractivity contribution in [3.05, 3.63) is 24.2 Å². The first-order valence-corrected chi connectivity index (χ1v) is 8.38. The normalized spacial score (nSPS) is 32.6. The third kappa shape index (κ3) is 1.90. The molecule has 8 nitrogen and oxygen atoms in total. The zero-order valence-electron chi connectivity index (χ0n) is 13.0. The number of hydrogen-bond donors (Lipinski definition) is 2. The summed E-state index contributed by atoms with van der Waals surface area (Å²) in [5.74, 6) is 0. The molecule has 0 bridgehead atoms. The highest BCUT2D eigenvalue weighted by Gasteiger charge is 2.66. The highest BCUT2D eigenvalue weighted by Crippen LogP contribution is 2.52. The number of nitrogens with zero attached hydrogens (tertiary/aromatic N) is 5. The quantitative estimate of drug-likeness (QED) is 0.768. The molecule has 3 rings (SSSR count). The van der Waals surface area contributed by atoms with Crippen LogP contribution in [0, 0.1) is 28.1 Å². The van der Waals surface area contributed by atoms with Crippen LogP contribution >= 0.6 is 11.8 Å². The van der Waals surface area contributed by atoms with Gasteiger partial charge in [0.2, 0.25) is 5.60 Å². The number of rotatable bonds is 3. The molecule has 0 aromatic carbocycles. The van der Waals surface area contributed by atoms with Crippen LogP contribution in [0.5, 0.6) is 0 Å². The van der Waals surface area contributed by atoms with Crippen LogP contribution < -0.4 is 0 Å². The highest BCUT2D eigenvalue weighted by molar-refractivity contribution is 7.98. The van der Waals surface area contributed by atoms with E-state index in [1.807, 2.05) is 18.4 Å². The molecule has 24 heavy (non-hydrogen) atoms. The minimum Gasteiger partial charge on any atom is -0.394 e. The summed E-state index contributed by atoms with van der Waals surface area (Å²) in [6, 6.07) is 7.42. The van der Waals surface area contributed by atoms with Crippen molar-refractivity contribution in [2.24, 2.45) is 5.41 Å². The van der Waals surface area contributed by atoms with E-state index in [2.05, 4.69) is 10.1 Å². The standard InChI is InChI=1S/C15H15N5O3S/c1-14(6-16)12(22)10(5-21)23-15(14,7-17)11-4-3-9-13(24-2)18-8-19-20(9)11/h3-4,8,10,12,21-22H,5H2,1-2H3/t10-,12-,14-,15+/m1/s1. The second kappa shape index (κ2) is 5.72. The molecule has 0 unspecified atom stereocenters. The Hall–Kier alpha value is -2.17. The molecular formula is C15H15N5O3S. The summed E-state index contributed by atoms with van der Waals surface area (Å²) in [7, 11) is 0. The van der Waals surface area contributed by atoms with Crippen LogP contribution in [0.15, 0.2) is 23.5 Å². The van der Waals surface area contributed by atoms with Crippen molar-refractivity contribution >= 4 is 17.3 Å². The number of aromatic nitrogens is 3. The molecule has 0 spiro atoms. The Kier molecular flexibility index (Phi) is 3.98. The maximum atomic E-state index is 10.4. The SMILES string of the molecule is CSc1ncnn2c([C@]3(C#N)O[C@H](CO)[C@@H](O)[C@@]3(C)C#N)ccc12. The number of ether oxygens (including phenoxy) is 1. The number of aliphatic hydroxyl groups excluding tert-OH is 2. The van der Waals surface area contributed by atoms with Gasteiger partial charge in [-0.15, -0.1) is 11.8 Å². The maximum absolute atomic E-state index is 10.4. The van der Waals surface area contributed by atoms with Gasteiger partial charge >= 0.3 is 0 Å². The van der Waals surface area contributed by atoms with Crippen molar-refractivity contribution in [2.45, 2.75) is 29.8 Å². The van der Waals surface area contributed by atoms with Gasteiger partial charge in [-0.2, -0.15) is 15.6 Å². The van der Waals surface area contributed by atoms with Gasteiger partial charge in [0, 0.05) is 0 Å². The smallest absolute Gasteiger partial charge is 0.217 e. The lowest BCUT2D eigenvalue weighted by Crippen LogP contribution is -2.45. The average Bonchev–Trinajstić information content (AvgIpc) is 3.14. The van der Waals surface area contributed by atoms with Gasteiger partial charge in [0.15, 0.2) is 0 Å². The van der Waals surface area contributed by atoms with Crippen LogP contribution in [0.2, 0.25) is 0 Å². The van der Waals surface area contributed by atoms with Gasteiger partial charge in [-0.1, -0.05) is 0 Å². The van der Waals surface area contributed by atoms with Gasteiger partial charge in [-0.3, -0.25) is 0 Å². The van der Waals surface area contributed by atoms with E-state index in [1.54, 1.807) is 12.1 Å². The van der Waals surface area contributed by atoms with Crippen LogP contribution in [0.4, 0.5) is 0 Å². The maximum Gasteiger partial charge on any atom is 0.217 e. The van der Waals surface area contributed by atoms with Crippen molar-refractivity contribution in [3.63, 3.8) is 0 Å². The Labute approximate surface area is 142 Å². The van der Waals surface area contributed by atoms with Crippen molar-refractivity contribution < 1.29 is 14.9 Å². The first kappa shape index (κ1) is 16.7. The molecule has 1 saturated heterocycles. The van der Waals surface area contributed by atoms with Crippen molar-refractivity contribution in [1.29, 1.82) is 10.5 Å². The van der Waals surface area contributed by atoms with Crippen LogP contribution in [0.1, 0.15) is 12.6 Å². The van der Waals surface area contributed by atoms with E-state index in [1.165, 1.54) is 29.5 Å². The molecule has 4 atom stereocenters. The third-order valence-corrected chi connectivity index (χ3v) is 5.24. The second-order valence-electron chi connectivity index (χ2n) is 5.68. The van der Waals surface area contributed by atoms with Crippen LogP contribution in [-0.2, 0) is 10.3 Å². The van der Waals surface area contributed by atoms with E-state index < -0.39 is 29.8 Å². The number of nitriles is 2. The van der Waals surface area contributed by atoms with Gasteiger partial charge in [-0.05, 0) is 25.3 Å². The van der Waals surface area contributed by atoms with Crippen LogP contribution in [-0.4, -0.2) is 49.9 Å². The zero-order valence-corrected chi connectivity index (χ0v) is 13.9. The lowest BCUT2D eigenvalue weighted by molar-refractivity contribution is -0.0584. The van der Waals surface area contributed by atoms with Gasteiger partial charge in [-0.25, -0.2) is 9.50 Å². The van der Waals surface area contributed by atoms with Gasteiger partial charge < -0.3 is 14.9 Å². The van der Waals surface area contributed by atoms with Gasteiger partial charge in [0.1, 0.15) is 35.0 Å². The van der Waals surface area contributed by atoms with E-state index in [4.69, 9.17) is 4.74 Å². The zero-order chi connectivity index (χ0) is 17.5. The minimum absolute atomic E-state index is 0.316.